The fourth-order valence-electron chi connectivity index (χ4n) is 2.46. The van der Waals surface area contributed by atoms with E-state index in [-0.39, 0.29) is 24.7 Å². The summed E-state index contributed by atoms with van der Waals surface area (Å²) in [5, 5.41) is 20.8. The number of nitrogens with zero attached hydrogens (tertiary/aromatic N) is 2. The van der Waals surface area contributed by atoms with Gasteiger partial charge < -0.3 is 27.2 Å². The fourth-order valence-corrected chi connectivity index (χ4v) is 2.46. The zero-order valence-corrected chi connectivity index (χ0v) is 15.6. The molecule has 1 aromatic carbocycles. The Morgan fingerprint density at radius 3 is 2.00 bits per heavy atom. The van der Waals surface area contributed by atoms with Gasteiger partial charge >= 0.3 is 0 Å². The van der Waals surface area contributed by atoms with E-state index in [9.17, 15) is 15.2 Å². The van der Waals surface area contributed by atoms with Gasteiger partial charge in [-0.05, 0) is 24.0 Å². The van der Waals surface area contributed by atoms with Gasteiger partial charge in [0.2, 0.25) is 0 Å². The van der Waals surface area contributed by atoms with Crippen LogP contribution in [0.25, 0.3) is 0 Å². The average molecular weight is 360 g/mol. The van der Waals surface area contributed by atoms with E-state index in [1.807, 2.05) is 0 Å². The number of rotatable bonds is 10. The molecule has 0 aliphatic carbocycles. The van der Waals surface area contributed by atoms with E-state index in [1.54, 1.807) is 12.1 Å². The Kier molecular flexibility index (Phi) is 10.6. The average Bonchev–Trinajstić information content (AvgIpc) is 2.44. The van der Waals surface area contributed by atoms with E-state index in [0.717, 1.165) is 13.1 Å². The summed E-state index contributed by atoms with van der Waals surface area (Å²) in [6.45, 7) is 11.2. The van der Waals surface area contributed by atoms with E-state index in [1.165, 1.54) is 12.1 Å². The summed E-state index contributed by atoms with van der Waals surface area (Å²) < 4.78 is 5.51. The number of benzene rings is 1. The molecule has 1 rings (SSSR count). The highest BCUT2D eigenvalue weighted by Gasteiger charge is 2.15. The van der Waals surface area contributed by atoms with Gasteiger partial charge in [-0.15, -0.1) is 0 Å². The fraction of sp³-hybridized carbons (Fsp3) is 0.647. The molecule has 1 unspecified atom stereocenters. The molecule has 1 atom stereocenters. The number of halogens is 1. The predicted octanol–water partition coefficient (Wildman–Crippen LogP) is -0.0475. The van der Waals surface area contributed by atoms with E-state index in [2.05, 4.69) is 32.6 Å². The zero-order valence-electron chi connectivity index (χ0n) is 14.8. The molecule has 0 saturated carbocycles. The SMILES string of the molecule is CC(C)CN(CC(C)C)CC(O)COc1ccc([N+](=O)[O-])cc1.[Cl-]. The monoisotopic (exact) mass is 359 g/mol. The molecule has 0 aliphatic rings. The molecule has 0 heterocycles. The Bertz CT molecular complexity index is 470. The normalized spacial score (nSPS) is 12.3. The highest BCUT2D eigenvalue weighted by Crippen LogP contribution is 2.17. The Morgan fingerprint density at radius 1 is 1.08 bits per heavy atom. The van der Waals surface area contributed by atoms with Gasteiger partial charge in [0.1, 0.15) is 18.5 Å². The second kappa shape index (κ2) is 11.2. The number of aliphatic hydroxyl groups is 1. The molecule has 24 heavy (non-hydrogen) atoms. The first-order valence-corrected chi connectivity index (χ1v) is 8.05. The number of nitro benzene ring substituents is 1. The molecule has 0 aliphatic heterocycles. The van der Waals surface area contributed by atoms with Crippen molar-refractivity contribution in [3.05, 3.63) is 34.4 Å². The van der Waals surface area contributed by atoms with E-state index in [0.29, 0.717) is 24.1 Å². The minimum absolute atomic E-state index is 0. The molecular weight excluding hydrogens is 332 g/mol. The minimum Gasteiger partial charge on any atom is -1.00 e. The molecule has 1 aromatic rings. The van der Waals surface area contributed by atoms with Crippen molar-refractivity contribution in [2.45, 2.75) is 33.8 Å². The maximum Gasteiger partial charge on any atom is 0.269 e. The second-order valence-electron chi connectivity index (χ2n) is 6.72. The van der Waals surface area contributed by atoms with Crippen molar-refractivity contribution in [1.29, 1.82) is 0 Å². The lowest BCUT2D eigenvalue weighted by molar-refractivity contribution is -0.384. The maximum atomic E-state index is 10.6. The van der Waals surface area contributed by atoms with Gasteiger partial charge in [0.25, 0.3) is 5.69 Å². The molecule has 0 bridgehead atoms. The van der Waals surface area contributed by atoms with E-state index >= 15 is 0 Å². The standard InChI is InChI=1S/C17H28N2O4.ClH/c1-13(2)9-18(10-14(3)4)11-16(20)12-23-17-7-5-15(6-8-17)19(21)22;/h5-8,13-14,16,20H,9-12H2,1-4H3;1H/p-1. The molecule has 0 fully saturated rings. The Morgan fingerprint density at radius 2 is 1.58 bits per heavy atom. The second-order valence-corrected chi connectivity index (χ2v) is 6.72. The summed E-state index contributed by atoms with van der Waals surface area (Å²) in [5.41, 5.74) is 0.0259. The summed E-state index contributed by atoms with van der Waals surface area (Å²) in [4.78, 5) is 12.4. The molecule has 0 saturated heterocycles. The predicted molar refractivity (Wildman–Crippen MR) is 90.7 cm³/mol. The number of hydrogen-bond acceptors (Lipinski definition) is 5. The molecule has 0 spiro atoms. The van der Waals surface area contributed by atoms with E-state index < -0.39 is 11.0 Å². The number of nitro groups is 1. The van der Waals surface area contributed by atoms with Gasteiger partial charge in [-0.25, -0.2) is 0 Å². The van der Waals surface area contributed by atoms with Crippen LogP contribution in [0.15, 0.2) is 24.3 Å². The van der Waals surface area contributed by atoms with Crippen molar-refractivity contribution in [2.75, 3.05) is 26.2 Å². The van der Waals surface area contributed by atoms with Crippen LogP contribution < -0.4 is 17.1 Å². The van der Waals surface area contributed by atoms with Crippen molar-refractivity contribution in [2.24, 2.45) is 11.8 Å². The van der Waals surface area contributed by atoms with Gasteiger partial charge in [0, 0.05) is 31.8 Å². The van der Waals surface area contributed by atoms with Crippen molar-refractivity contribution in [1.82, 2.24) is 4.90 Å². The topological polar surface area (TPSA) is 75.8 Å². The Balaban J connectivity index is 0.00000529. The molecular formula is C17H28ClN2O4-. The van der Waals surface area contributed by atoms with Gasteiger partial charge in [-0.3, -0.25) is 10.1 Å². The molecule has 0 radical (unpaired) electrons. The first-order valence-electron chi connectivity index (χ1n) is 8.05. The lowest BCUT2D eigenvalue weighted by Gasteiger charge is -2.28. The minimum atomic E-state index is -0.595. The number of ether oxygens (including phenoxy) is 1. The number of aliphatic hydroxyl groups excluding tert-OH is 1. The number of non-ortho nitro benzene ring substituents is 1. The summed E-state index contributed by atoms with van der Waals surface area (Å²) in [6, 6.07) is 5.88. The van der Waals surface area contributed by atoms with Gasteiger partial charge in [-0.1, -0.05) is 27.7 Å². The van der Waals surface area contributed by atoms with Crippen LogP contribution in [-0.4, -0.2) is 47.3 Å². The Hall–Kier alpha value is -1.37. The van der Waals surface area contributed by atoms with Crippen molar-refractivity contribution in [3.63, 3.8) is 0 Å². The van der Waals surface area contributed by atoms with E-state index in [4.69, 9.17) is 4.74 Å². The number of hydrogen-bond donors (Lipinski definition) is 1. The third-order valence-electron chi connectivity index (χ3n) is 3.21. The lowest BCUT2D eigenvalue weighted by atomic mass is 10.1. The van der Waals surface area contributed by atoms with Crippen molar-refractivity contribution >= 4 is 5.69 Å². The molecule has 0 amide bonds. The summed E-state index contributed by atoms with van der Waals surface area (Å²) in [7, 11) is 0. The van der Waals surface area contributed by atoms with Crippen LogP contribution in [0.4, 0.5) is 5.69 Å². The van der Waals surface area contributed by atoms with Crippen LogP contribution in [0.2, 0.25) is 0 Å². The Labute approximate surface area is 150 Å². The maximum absolute atomic E-state index is 10.6. The molecule has 138 valence electrons. The van der Waals surface area contributed by atoms with Crippen LogP contribution in [0, 0.1) is 22.0 Å². The summed E-state index contributed by atoms with van der Waals surface area (Å²) in [5.74, 6) is 1.60. The first kappa shape index (κ1) is 22.6. The van der Waals surface area contributed by atoms with Crippen LogP contribution in [-0.2, 0) is 0 Å². The summed E-state index contributed by atoms with van der Waals surface area (Å²) >= 11 is 0. The largest absolute Gasteiger partial charge is 1.00 e. The highest BCUT2D eigenvalue weighted by molar-refractivity contribution is 5.35. The van der Waals surface area contributed by atoms with Crippen LogP contribution >= 0.6 is 0 Å². The quantitative estimate of drug-likeness (QED) is 0.468. The third kappa shape index (κ3) is 9.05. The highest BCUT2D eigenvalue weighted by atomic mass is 35.5. The smallest absolute Gasteiger partial charge is 0.269 e. The molecule has 6 nitrogen and oxygen atoms in total. The summed E-state index contributed by atoms with van der Waals surface area (Å²) in [6.07, 6.45) is -0.595. The van der Waals surface area contributed by atoms with Gasteiger partial charge in [0.05, 0.1) is 4.92 Å². The third-order valence-corrected chi connectivity index (χ3v) is 3.21. The zero-order chi connectivity index (χ0) is 17.4. The van der Waals surface area contributed by atoms with Crippen LogP contribution in [0.1, 0.15) is 27.7 Å². The first-order chi connectivity index (χ1) is 10.8. The van der Waals surface area contributed by atoms with Crippen molar-refractivity contribution < 1.29 is 27.2 Å². The lowest BCUT2D eigenvalue weighted by Crippen LogP contribution is -3.00. The van der Waals surface area contributed by atoms with Crippen LogP contribution in [0.5, 0.6) is 5.75 Å². The molecule has 7 heteroatoms. The van der Waals surface area contributed by atoms with Crippen molar-refractivity contribution in [3.8, 4) is 5.75 Å². The van der Waals surface area contributed by atoms with Gasteiger partial charge in [-0.2, -0.15) is 0 Å². The molecule has 1 N–H and O–H groups in total. The van der Waals surface area contributed by atoms with Crippen LogP contribution in [0.3, 0.4) is 0 Å². The van der Waals surface area contributed by atoms with Gasteiger partial charge in [0.15, 0.2) is 0 Å². The molecule has 0 aromatic heterocycles.